The summed E-state index contributed by atoms with van der Waals surface area (Å²) in [5.74, 6) is 0. The summed E-state index contributed by atoms with van der Waals surface area (Å²) in [4.78, 5) is 0. The molecule has 1 aromatic rings. The molecule has 2 heteroatoms. The Balaban J connectivity index is 2.18. The molecule has 2 nitrogen and oxygen atoms in total. The van der Waals surface area contributed by atoms with Crippen LogP contribution in [0.3, 0.4) is 0 Å². The molecule has 1 aromatic carbocycles. The van der Waals surface area contributed by atoms with E-state index in [1.165, 1.54) is 31.4 Å². The molecule has 0 amide bonds. The summed E-state index contributed by atoms with van der Waals surface area (Å²) in [6.45, 7) is 7.09. The van der Waals surface area contributed by atoms with Gasteiger partial charge in [-0.15, -0.1) is 0 Å². The molecule has 94 valence electrons. The molecule has 0 saturated heterocycles. The molecule has 0 radical (unpaired) electrons. The van der Waals surface area contributed by atoms with Gasteiger partial charge in [-0.25, -0.2) is 0 Å². The fourth-order valence-corrected chi connectivity index (χ4v) is 2.78. The normalized spacial score (nSPS) is 27.7. The lowest BCUT2D eigenvalue weighted by molar-refractivity contribution is 0.134. The lowest BCUT2D eigenvalue weighted by Crippen LogP contribution is -2.50. The maximum atomic E-state index is 5.72. The Kier molecular flexibility index (Phi) is 3.07. The number of nitrogens with two attached hydrogens (primary N) is 1. The van der Waals surface area contributed by atoms with E-state index in [1.807, 2.05) is 12.1 Å². The monoisotopic (exact) mass is 232 g/mol. The average Bonchev–Trinajstić information content (AvgIpc) is 2.26. The van der Waals surface area contributed by atoms with Crippen molar-refractivity contribution in [2.24, 2.45) is 5.41 Å². The molecule has 0 bridgehead atoms. The zero-order valence-electron chi connectivity index (χ0n) is 11.2. The second-order valence-electron chi connectivity index (χ2n) is 6.17. The molecule has 0 unspecified atom stereocenters. The van der Waals surface area contributed by atoms with Crippen molar-refractivity contribution in [1.82, 2.24) is 0 Å². The van der Waals surface area contributed by atoms with Crippen molar-refractivity contribution in [3.05, 3.63) is 24.3 Å². The molecule has 0 aromatic heterocycles. The first-order valence-electron chi connectivity index (χ1n) is 6.57. The molecule has 17 heavy (non-hydrogen) atoms. The van der Waals surface area contributed by atoms with Gasteiger partial charge in [0.15, 0.2) is 0 Å². The summed E-state index contributed by atoms with van der Waals surface area (Å²) in [6.07, 6.45) is 5.21. The van der Waals surface area contributed by atoms with E-state index in [0.29, 0.717) is 5.41 Å². The van der Waals surface area contributed by atoms with Gasteiger partial charge < -0.3 is 11.1 Å². The van der Waals surface area contributed by atoms with E-state index >= 15 is 0 Å². The minimum Gasteiger partial charge on any atom is -0.399 e. The smallest absolute Gasteiger partial charge is 0.0396 e. The van der Waals surface area contributed by atoms with Crippen LogP contribution in [0.15, 0.2) is 24.3 Å². The lowest BCUT2D eigenvalue weighted by atomic mass is 9.64. The quantitative estimate of drug-likeness (QED) is 0.755. The number of anilines is 2. The van der Waals surface area contributed by atoms with Crippen LogP contribution in [0.4, 0.5) is 11.4 Å². The van der Waals surface area contributed by atoms with E-state index in [4.69, 9.17) is 5.73 Å². The fraction of sp³-hybridized carbons (Fsp3) is 0.600. The highest BCUT2D eigenvalue weighted by Crippen LogP contribution is 2.45. The zero-order chi connectivity index (χ0) is 12.5. The van der Waals surface area contributed by atoms with E-state index in [0.717, 1.165) is 5.69 Å². The molecule has 1 aliphatic carbocycles. The van der Waals surface area contributed by atoms with Gasteiger partial charge in [0, 0.05) is 16.9 Å². The first kappa shape index (κ1) is 12.3. The minimum absolute atomic E-state index is 0.182. The van der Waals surface area contributed by atoms with Crippen LogP contribution in [0.5, 0.6) is 0 Å². The SMILES string of the molecule is CC1(C)CCCC[C@]1(C)Nc1ccc(N)cc1. The third-order valence-corrected chi connectivity index (χ3v) is 4.55. The standard InChI is InChI=1S/C15H24N2/c1-14(2)10-4-5-11-15(14,3)17-13-8-6-12(16)7-9-13/h6-9,17H,4-5,10-11,16H2,1-3H3/t15-/m0/s1. The van der Waals surface area contributed by atoms with Gasteiger partial charge in [0.2, 0.25) is 0 Å². The summed E-state index contributed by atoms with van der Waals surface area (Å²) < 4.78 is 0. The summed E-state index contributed by atoms with van der Waals surface area (Å²) in [6, 6.07) is 8.07. The molecule has 2 rings (SSSR count). The summed E-state index contributed by atoms with van der Waals surface area (Å²) >= 11 is 0. The van der Waals surface area contributed by atoms with Crippen molar-refractivity contribution < 1.29 is 0 Å². The molecular formula is C15H24N2. The van der Waals surface area contributed by atoms with Gasteiger partial charge in [0.25, 0.3) is 0 Å². The fourth-order valence-electron chi connectivity index (χ4n) is 2.78. The van der Waals surface area contributed by atoms with Crippen LogP contribution < -0.4 is 11.1 Å². The van der Waals surface area contributed by atoms with Gasteiger partial charge in [-0.1, -0.05) is 26.7 Å². The minimum atomic E-state index is 0.182. The number of nitrogen functional groups attached to an aromatic ring is 1. The van der Waals surface area contributed by atoms with E-state index in [2.05, 4.69) is 38.2 Å². The third-order valence-electron chi connectivity index (χ3n) is 4.55. The summed E-state index contributed by atoms with van der Waals surface area (Å²) in [5, 5.41) is 3.72. The predicted molar refractivity (Wildman–Crippen MR) is 75.1 cm³/mol. The highest BCUT2D eigenvalue weighted by molar-refractivity contribution is 5.52. The number of hydrogen-bond donors (Lipinski definition) is 2. The Hall–Kier alpha value is -1.18. The summed E-state index contributed by atoms with van der Waals surface area (Å²) in [5.41, 5.74) is 8.24. The van der Waals surface area contributed by atoms with Crippen molar-refractivity contribution in [3.8, 4) is 0 Å². The van der Waals surface area contributed by atoms with Gasteiger partial charge in [0.1, 0.15) is 0 Å². The first-order valence-corrected chi connectivity index (χ1v) is 6.57. The van der Waals surface area contributed by atoms with Crippen LogP contribution in [0.25, 0.3) is 0 Å². The maximum absolute atomic E-state index is 5.72. The predicted octanol–water partition coefficient (Wildman–Crippen LogP) is 4.04. The largest absolute Gasteiger partial charge is 0.399 e. The lowest BCUT2D eigenvalue weighted by Gasteiger charge is -2.49. The molecule has 3 N–H and O–H groups in total. The molecular weight excluding hydrogens is 208 g/mol. The van der Waals surface area contributed by atoms with E-state index in [1.54, 1.807) is 0 Å². The number of benzene rings is 1. The topological polar surface area (TPSA) is 38.0 Å². The number of hydrogen-bond acceptors (Lipinski definition) is 2. The second-order valence-corrected chi connectivity index (χ2v) is 6.17. The average molecular weight is 232 g/mol. The Morgan fingerprint density at radius 1 is 1.00 bits per heavy atom. The molecule has 1 saturated carbocycles. The van der Waals surface area contributed by atoms with E-state index in [9.17, 15) is 0 Å². The summed E-state index contributed by atoms with van der Waals surface area (Å²) in [7, 11) is 0. The molecule has 1 aliphatic rings. The van der Waals surface area contributed by atoms with Crippen molar-refractivity contribution in [2.75, 3.05) is 11.1 Å². The van der Waals surface area contributed by atoms with Crippen LogP contribution in [-0.4, -0.2) is 5.54 Å². The molecule has 0 heterocycles. The van der Waals surface area contributed by atoms with Crippen molar-refractivity contribution in [3.63, 3.8) is 0 Å². The Morgan fingerprint density at radius 2 is 1.59 bits per heavy atom. The van der Waals surface area contributed by atoms with Crippen LogP contribution in [0.1, 0.15) is 46.5 Å². The molecule has 0 aliphatic heterocycles. The van der Waals surface area contributed by atoms with Gasteiger partial charge in [-0.05, 0) is 49.4 Å². The Morgan fingerprint density at radius 3 is 2.18 bits per heavy atom. The van der Waals surface area contributed by atoms with E-state index in [-0.39, 0.29) is 5.54 Å². The van der Waals surface area contributed by atoms with Gasteiger partial charge in [-0.3, -0.25) is 0 Å². The van der Waals surface area contributed by atoms with Crippen LogP contribution in [-0.2, 0) is 0 Å². The van der Waals surface area contributed by atoms with Gasteiger partial charge in [-0.2, -0.15) is 0 Å². The van der Waals surface area contributed by atoms with Crippen molar-refractivity contribution in [1.29, 1.82) is 0 Å². The molecule has 0 spiro atoms. The maximum Gasteiger partial charge on any atom is 0.0396 e. The number of rotatable bonds is 2. The third kappa shape index (κ3) is 2.41. The Labute approximate surface area is 105 Å². The van der Waals surface area contributed by atoms with Gasteiger partial charge in [0.05, 0.1) is 0 Å². The molecule has 1 fully saturated rings. The second kappa shape index (κ2) is 4.25. The first-order chi connectivity index (χ1) is 7.93. The highest BCUT2D eigenvalue weighted by atomic mass is 15.0. The molecule has 1 atom stereocenters. The van der Waals surface area contributed by atoms with Crippen LogP contribution in [0, 0.1) is 5.41 Å². The highest BCUT2D eigenvalue weighted by Gasteiger charge is 2.42. The van der Waals surface area contributed by atoms with Crippen LogP contribution in [0.2, 0.25) is 0 Å². The van der Waals surface area contributed by atoms with Gasteiger partial charge >= 0.3 is 0 Å². The Bertz CT molecular complexity index is 380. The van der Waals surface area contributed by atoms with E-state index < -0.39 is 0 Å². The van der Waals surface area contributed by atoms with Crippen molar-refractivity contribution in [2.45, 2.75) is 52.0 Å². The zero-order valence-corrected chi connectivity index (χ0v) is 11.2. The number of nitrogens with one attached hydrogen (secondary N) is 1. The van der Waals surface area contributed by atoms with Crippen LogP contribution >= 0.6 is 0 Å². The van der Waals surface area contributed by atoms with Crippen molar-refractivity contribution >= 4 is 11.4 Å².